The van der Waals surface area contributed by atoms with Crippen LogP contribution in [-0.2, 0) is 21.5 Å². The van der Waals surface area contributed by atoms with Crippen LogP contribution in [0.5, 0.6) is 0 Å². The monoisotopic (exact) mass is 401 g/mol. The number of nitrogens with zero attached hydrogens (tertiary/aromatic N) is 1. The van der Waals surface area contributed by atoms with Crippen LogP contribution in [0.2, 0.25) is 0 Å². The summed E-state index contributed by atoms with van der Waals surface area (Å²) in [6, 6.07) is 22.7. The van der Waals surface area contributed by atoms with Gasteiger partial charge in [0.05, 0.1) is 0 Å². The summed E-state index contributed by atoms with van der Waals surface area (Å²) in [6.45, 7) is 1.81. The van der Waals surface area contributed by atoms with Gasteiger partial charge in [0.15, 0.2) is 0 Å². The van der Waals surface area contributed by atoms with Crippen LogP contribution in [0.25, 0.3) is 10.8 Å². The molecule has 1 fully saturated rings. The van der Waals surface area contributed by atoms with Gasteiger partial charge in [-0.25, -0.2) is 4.79 Å². The van der Waals surface area contributed by atoms with Crippen molar-refractivity contribution >= 4 is 28.6 Å². The molecule has 152 valence electrons. The summed E-state index contributed by atoms with van der Waals surface area (Å²) >= 11 is 0. The summed E-state index contributed by atoms with van der Waals surface area (Å²) in [5, 5.41) is 7.57. The van der Waals surface area contributed by atoms with E-state index in [4.69, 9.17) is 0 Å². The van der Waals surface area contributed by atoms with Crippen molar-refractivity contribution in [3.05, 3.63) is 83.9 Å². The first-order valence-electron chi connectivity index (χ1n) is 9.91. The standard InChI is InChI=1S/C24H23N3O3/c1-24(20-12-11-18-9-5-6-10-19(18)15-20)22(29)27(23(30)26-24)16-21(28)25-14-13-17-7-3-2-4-8-17/h2-12,15H,13-14,16H2,1H3,(H,25,28)(H,26,30)/t24-/m1/s1. The van der Waals surface area contributed by atoms with Crippen molar-refractivity contribution in [1.29, 1.82) is 0 Å². The predicted octanol–water partition coefficient (Wildman–Crippen LogP) is 2.97. The highest BCUT2D eigenvalue weighted by molar-refractivity contribution is 6.09. The van der Waals surface area contributed by atoms with Gasteiger partial charge in [-0.05, 0) is 41.3 Å². The SMILES string of the molecule is C[C@]1(c2ccc3ccccc3c2)NC(=O)N(CC(=O)NCCc2ccccc2)C1=O. The van der Waals surface area contributed by atoms with E-state index in [1.165, 1.54) is 0 Å². The molecule has 1 atom stereocenters. The Morgan fingerprint density at radius 1 is 0.967 bits per heavy atom. The minimum absolute atomic E-state index is 0.303. The van der Waals surface area contributed by atoms with Gasteiger partial charge in [0.2, 0.25) is 5.91 Å². The molecule has 4 rings (SSSR count). The summed E-state index contributed by atoms with van der Waals surface area (Å²) in [4.78, 5) is 38.8. The zero-order valence-electron chi connectivity index (χ0n) is 16.7. The molecule has 1 aliphatic heterocycles. The van der Waals surface area contributed by atoms with Gasteiger partial charge in [0.25, 0.3) is 5.91 Å². The highest BCUT2D eigenvalue weighted by Gasteiger charge is 2.49. The van der Waals surface area contributed by atoms with E-state index in [2.05, 4.69) is 10.6 Å². The van der Waals surface area contributed by atoms with Gasteiger partial charge in [0, 0.05) is 6.54 Å². The van der Waals surface area contributed by atoms with E-state index in [9.17, 15) is 14.4 Å². The van der Waals surface area contributed by atoms with Crippen LogP contribution in [0.1, 0.15) is 18.1 Å². The molecule has 0 spiro atoms. The lowest BCUT2D eigenvalue weighted by Crippen LogP contribution is -2.43. The Hall–Kier alpha value is -3.67. The molecule has 6 heteroatoms. The average Bonchev–Trinajstić information content (AvgIpc) is 2.98. The molecule has 0 aliphatic carbocycles. The van der Waals surface area contributed by atoms with E-state index in [1.54, 1.807) is 6.92 Å². The van der Waals surface area contributed by atoms with Crippen LogP contribution >= 0.6 is 0 Å². The molecule has 3 aromatic rings. The van der Waals surface area contributed by atoms with Crippen molar-refractivity contribution in [3.8, 4) is 0 Å². The highest BCUT2D eigenvalue weighted by atomic mass is 16.2. The normalized spacial score (nSPS) is 18.5. The Labute approximate surface area is 174 Å². The number of amides is 4. The van der Waals surface area contributed by atoms with Crippen molar-refractivity contribution in [2.75, 3.05) is 13.1 Å². The predicted molar refractivity (Wildman–Crippen MR) is 115 cm³/mol. The number of hydrogen-bond donors (Lipinski definition) is 2. The van der Waals surface area contributed by atoms with Gasteiger partial charge in [-0.1, -0.05) is 66.7 Å². The second-order valence-electron chi connectivity index (χ2n) is 7.59. The van der Waals surface area contributed by atoms with Crippen LogP contribution in [0.15, 0.2) is 72.8 Å². The lowest BCUT2D eigenvalue weighted by Gasteiger charge is -2.22. The van der Waals surface area contributed by atoms with Gasteiger partial charge in [0.1, 0.15) is 12.1 Å². The molecular weight excluding hydrogens is 378 g/mol. The van der Waals surface area contributed by atoms with Crippen molar-refractivity contribution in [1.82, 2.24) is 15.5 Å². The molecule has 1 saturated heterocycles. The molecule has 4 amide bonds. The number of fused-ring (bicyclic) bond motifs is 1. The molecule has 0 unspecified atom stereocenters. The molecule has 1 aliphatic rings. The Balaban J connectivity index is 1.43. The summed E-state index contributed by atoms with van der Waals surface area (Å²) in [5.74, 6) is -0.793. The Morgan fingerprint density at radius 3 is 2.43 bits per heavy atom. The van der Waals surface area contributed by atoms with E-state index in [0.29, 0.717) is 18.5 Å². The number of benzene rings is 3. The van der Waals surface area contributed by atoms with Crippen LogP contribution in [0, 0.1) is 0 Å². The van der Waals surface area contributed by atoms with E-state index in [-0.39, 0.29) is 12.5 Å². The number of urea groups is 1. The van der Waals surface area contributed by atoms with E-state index < -0.39 is 17.5 Å². The second kappa shape index (κ2) is 7.99. The number of carbonyl (C=O) groups excluding carboxylic acids is 3. The zero-order chi connectivity index (χ0) is 21.1. The summed E-state index contributed by atoms with van der Waals surface area (Å²) < 4.78 is 0. The Kier molecular flexibility index (Phi) is 5.23. The lowest BCUT2D eigenvalue weighted by molar-refractivity contribution is -0.134. The van der Waals surface area contributed by atoms with Crippen molar-refractivity contribution in [3.63, 3.8) is 0 Å². The Bertz CT molecular complexity index is 1110. The first-order chi connectivity index (χ1) is 14.5. The maximum absolute atomic E-state index is 13.1. The molecule has 0 saturated carbocycles. The van der Waals surface area contributed by atoms with Gasteiger partial charge in [-0.15, -0.1) is 0 Å². The second-order valence-corrected chi connectivity index (χ2v) is 7.59. The third-order valence-electron chi connectivity index (χ3n) is 5.48. The summed E-state index contributed by atoms with van der Waals surface area (Å²) in [6.07, 6.45) is 0.682. The fourth-order valence-corrected chi connectivity index (χ4v) is 3.73. The van der Waals surface area contributed by atoms with Crippen molar-refractivity contribution in [2.24, 2.45) is 0 Å². The molecule has 6 nitrogen and oxygen atoms in total. The van der Waals surface area contributed by atoms with Crippen molar-refractivity contribution in [2.45, 2.75) is 18.9 Å². The molecular formula is C24H23N3O3. The van der Waals surface area contributed by atoms with Crippen LogP contribution in [0.4, 0.5) is 4.79 Å². The maximum atomic E-state index is 13.1. The number of hydrogen-bond acceptors (Lipinski definition) is 3. The third kappa shape index (κ3) is 3.76. The number of imide groups is 1. The van der Waals surface area contributed by atoms with E-state index in [0.717, 1.165) is 21.2 Å². The third-order valence-corrected chi connectivity index (χ3v) is 5.48. The fraction of sp³-hybridized carbons (Fsp3) is 0.208. The van der Waals surface area contributed by atoms with Gasteiger partial charge in [-0.2, -0.15) is 0 Å². The molecule has 0 radical (unpaired) electrons. The van der Waals surface area contributed by atoms with E-state index in [1.807, 2.05) is 72.8 Å². The molecule has 30 heavy (non-hydrogen) atoms. The number of nitrogens with one attached hydrogen (secondary N) is 2. The van der Waals surface area contributed by atoms with Gasteiger partial charge in [-0.3, -0.25) is 14.5 Å². The largest absolute Gasteiger partial charge is 0.354 e. The van der Waals surface area contributed by atoms with Crippen LogP contribution < -0.4 is 10.6 Å². The lowest BCUT2D eigenvalue weighted by atomic mass is 9.90. The van der Waals surface area contributed by atoms with Gasteiger partial charge >= 0.3 is 6.03 Å². The fourth-order valence-electron chi connectivity index (χ4n) is 3.73. The first kappa shape index (κ1) is 19.6. The number of carbonyl (C=O) groups is 3. The number of rotatable bonds is 6. The maximum Gasteiger partial charge on any atom is 0.325 e. The molecule has 0 bridgehead atoms. The first-order valence-corrected chi connectivity index (χ1v) is 9.91. The van der Waals surface area contributed by atoms with Crippen molar-refractivity contribution < 1.29 is 14.4 Å². The quantitative estimate of drug-likeness (QED) is 0.624. The van der Waals surface area contributed by atoms with E-state index >= 15 is 0 Å². The molecule has 0 aromatic heterocycles. The summed E-state index contributed by atoms with van der Waals surface area (Å²) in [7, 11) is 0. The molecule has 3 aromatic carbocycles. The zero-order valence-corrected chi connectivity index (χ0v) is 16.7. The highest BCUT2D eigenvalue weighted by Crippen LogP contribution is 2.30. The van der Waals surface area contributed by atoms with Gasteiger partial charge < -0.3 is 10.6 Å². The molecule has 1 heterocycles. The minimum atomic E-state index is -1.20. The molecule has 2 N–H and O–H groups in total. The van der Waals surface area contributed by atoms with Crippen LogP contribution in [0.3, 0.4) is 0 Å². The summed E-state index contributed by atoms with van der Waals surface area (Å²) in [5.41, 5.74) is 0.592. The topological polar surface area (TPSA) is 78.5 Å². The smallest absolute Gasteiger partial charge is 0.325 e. The average molecular weight is 401 g/mol. The minimum Gasteiger partial charge on any atom is -0.354 e. The van der Waals surface area contributed by atoms with Crippen LogP contribution in [-0.4, -0.2) is 35.8 Å². The Morgan fingerprint density at radius 2 is 1.67 bits per heavy atom.